The van der Waals surface area contributed by atoms with Gasteiger partial charge in [0.15, 0.2) is 17.2 Å². The Morgan fingerprint density at radius 1 is 1.28 bits per heavy atom. The van der Waals surface area contributed by atoms with Crippen LogP contribution in [0.3, 0.4) is 0 Å². The third-order valence-electron chi connectivity index (χ3n) is 9.24. The van der Waals surface area contributed by atoms with Crippen molar-refractivity contribution in [2.45, 2.75) is 75.7 Å². The summed E-state index contributed by atoms with van der Waals surface area (Å²) in [6, 6.07) is 0. The van der Waals surface area contributed by atoms with Crippen LogP contribution in [-0.2, 0) is 19.1 Å². The van der Waals surface area contributed by atoms with E-state index >= 15 is 0 Å². The average molecular weight is 593 g/mol. The number of ketones is 2. The van der Waals surface area contributed by atoms with Crippen LogP contribution < -0.4 is 0 Å². The second-order valence-electron chi connectivity index (χ2n) is 10.5. The second kappa shape index (κ2) is 8.08. The number of hydrogen-bond acceptors (Lipinski definition) is 4. The maximum Gasteiger partial charge on any atom is 0.306 e. The monoisotopic (exact) mass is 592 g/mol. The lowest BCUT2D eigenvalue weighted by molar-refractivity contribution is -0.192. The molecule has 0 aromatic carbocycles. The van der Waals surface area contributed by atoms with Gasteiger partial charge in [-0.1, -0.05) is 61.9 Å². The molecule has 0 heterocycles. The topological polar surface area (TPSA) is 60.4 Å². The molecular weight excluding hydrogens is 562 g/mol. The van der Waals surface area contributed by atoms with E-state index in [1.165, 1.54) is 0 Å². The number of esters is 1. The van der Waals surface area contributed by atoms with Crippen molar-refractivity contribution in [3.05, 3.63) is 23.8 Å². The van der Waals surface area contributed by atoms with E-state index in [1.807, 2.05) is 13.0 Å². The summed E-state index contributed by atoms with van der Waals surface area (Å²) < 4.78 is 6.41. The van der Waals surface area contributed by atoms with Crippen molar-refractivity contribution < 1.29 is 19.1 Å². The maximum absolute atomic E-state index is 13.5. The molecule has 0 N–H and O–H groups in total. The molecule has 7 heteroatoms. The largest absolute Gasteiger partial charge is 0.450 e. The first-order valence-electron chi connectivity index (χ1n) is 11.5. The number of carbonyl (C=O) groups is 3. The SMILES string of the molecule is CCC(=O)O[C@@]1(C(=O)CI)[C@H](C)C[C@H]2[C@@H]3CCC4=CC(=O)C=C[C@]4(C)[C@@]3(Cl)[C@@H](Cl)C[C@@]21C. The molecule has 0 radical (unpaired) electrons. The highest BCUT2D eigenvalue weighted by Crippen LogP contribution is 2.73. The molecule has 4 rings (SSSR count). The molecule has 0 unspecified atom stereocenters. The zero-order valence-electron chi connectivity index (χ0n) is 19.1. The lowest BCUT2D eigenvalue weighted by Crippen LogP contribution is -2.68. The molecule has 3 fully saturated rings. The van der Waals surface area contributed by atoms with Gasteiger partial charge in [0.05, 0.1) is 14.7 Å². The van der Waals surface area contributed by atoms with Crippen molar-refractivity contribution in [1.29, 1.82) is 0 Å². The summed E-state index contributed by atoms with van der Waals surface area (Å²) in [5, 5.41) is -0.450. The van der Waals surface area contributed by atoms with E-state index in [9.17, 15) is 14.4 Å². The number of alkyl halides is 3. The van der Waals surface area contributed by atoms with Crippen LogP contribution in [0.4, 0.5) is 0 Å². The Balaban J connectivity index is 1.85. The number of hydrogen-bond donors (Lipinski definition) is 0. The van der Waals surface area contributed by atoms with Gasteiger partial charge in [-0.2, -0.15) is 0 Å². The minimum Gasteiger partial charge on any atom is -0.450 e. The third-order valence-corrected chi connectivity index (χ3v) is 11.5. The van der Waals surface area contributed by atoms with Crippen molar-refractivity contribution >= 4 is 63.3 Å². The number of carbonyl (C=O) groups excluding carboxylic acids is 3. The standard InChI is InChI=1S/C25H31Cl2IO4/c1-5-21(31)32-25(20(30)13-28)14(2)10-18-17-7-6-15-11-16(29)8-9-22(15,3)24(17,27)19(26)12-23(18,25)4/h8-9,11,14,17-19H,5-7,10,12-13H2,1-4H3/t14-,17+,18+,19+,22+,23+,24+,25-/m1/s1. The quantitative estimate of drug-likeness (QED) is 0.235. The van der Waals surface area contributed by atoms with Gasteiger partial charge >= 0.3 is 5.97 Å². The molecule has 0 spiro atoms. The van der Waals surface area contributed by atoms with Crippen LogP contribution in [-0.4, -0.2) is 37.8 Å². The molecular formula is C25H31Cl2IO4. The van der Waals surface area contributed by atoms with Crippen molar-refractivity contribution in [3.63, 3.8) is 0 Å². The lowest BCUT2D eigenvalue weighted by Gasteiger charge is -2.64. The van der Waals surface area contributed by atoms with E-state index in [0.717, 1.165) is 24.8 Å². The Morgan fingerprint density at radius 2 is 1.97 bits per heavy atom. The van der Waals surface area contributed by atoms with Crippen LogP contribution in [0.15, 0.2) is 23.8 Å². The maximum atomic E-state index is 13.5. The van der Waals surface area contributed by atoms with E-state index < -0.39 is 26.7 Å². The third kappa shape index (κ3) is 2.95. The predicted octanol–water partition coefficient (Wildman–Crippen LogP) is 5.82. The Bertz CT molecular complexity index is 931. The van der Waals surface area contributed by atoms with Gasteiger partial charge in [0, 0.05) is 23.2 Å². The fourth-order valence-electron chi connectivity index (χ4n) is 7.68. The number of rotatable bonds is 4. The van der Waals surface area contributed by atoms with E-state index in [2.05, 4.69) is 36.4 Å². The number of halogens is 3. The predicted molar refractivity (Wildman–Crippen MR) is 134 cm³/mol. The second-order valence-corrected chi connectivity index (χ2v) is 12.4. The van der Waals surface area contributed by atoms with Crippen LogP contribution >= 0.6 is 45.8 Å². The van der Waals surface area contributed by atoms with Gasteiger partial charge < -0.3 is 4.74 Å². The summed E-state index contributed by atoms with van der Waals surface area (Å²) in [5.74, 6) is -0.376. The van der Waals surface area contributed by atoms with E-state index in [1.54, 1.807) is 19.1 Å². The Kier molecular flexibility index (Phi) is 6.24. The zero-order valence-corrected chi connectivity index (χ0v) is 22.7. The first-order chi connectivity index (χ1) is 14.9. The number of Topliss-reactive ketones (excluding diaryl/α,β-unsaturated/α-hetero) is 1. The summed E-state index contributed by atoms with van der Waals surface area (Å²) in [6.45, 7) is 7.97. The molecule has 4 nitrogen and oxygen atoms in total. The van der Waals surface area contributed by atoms with Crippen LogP contribution in [0.1, 0.15) is 59.8 Å². The lowest BCUT2D eigenvalue weighted by atomic mass is 9.46. The minimum absolute atomic E-state index is 0.00409. The van der Waals surface area contributed by atoms with E-state index in [4.69, 9.17) is 27.9 Å². The highest BCUT2D eigenvalue weighted by Gasteiger charge is 2.76. The fraction of sp³-hybridized carbons (Fsp3) is 0.720. The molecule has 0 aliphatic heterocycles. The molecule has 0 amide bonds. The molecule has 0 aromatic heterocycles. The molecule has 32 heavy (non-hydrogen) atoms. The molecule has 0 saturated heterocycles. The summed E-state index contributed by atoms with van der Waals surface area (Å²) in [4.78, 5) is 37.4. The van der Waals surface area contributed by atoms with Gasteiger partial charge in [0.2, 0.25) is 0 Å². The fourth-order valence-corrected chi connectivity index (χ4v) is 9.48. The number of fused-ring (bicyclic) bond motifs is 5. The van der Waals surface area contributed by atoms with Gasteiger partial charge in [0.1, 0.15) is 0 Å². The molecule has 0 aromatic rings. The van der Waals surface area contributed by atoms with Crippen molar-refractivity contribution in [1.82, 2.24) is 0 Å². The Labute approximate surface area is 214 Å². The Morgan fingerprint density at radius 3 is 2.59 bits per heavy atom. The van der Waals surface area contributed by atoms with Gasteiger partial charge in [-0.25, -0.2) is 0 Å². The van der Waals surface area contributed by atoms with E-state index in [-0.39, 0.29) is 46.1 Å². The Hall–Kier alpha value is -0.400. The van der Waals surface area contributed by atoms with Crippen molar-refractivity contribution in [3.8, 4) is 0 Å². The first-order valence-corrected chi connectivity index (χ1v) is 13.8. The molecule has 4 aliphatic rings. The molecule has 3 saturated carbocycles. The zero-order chi connectivity index (χ0) is 23.7. The van der Waals surface area contributed by atoms with Gasteiger partial charge in [-0.3, -0.25) is 14.4 Å². The van der Waals surface area contributed by atoms with Crippen molar-refractivity contribution in [2.24, 2.45) is 28.6 Å². The van der Waals surface area contributed by atoms with Crippen LogP contribution in [0, 0.1) is 28.6 Å². The smallest absolute Gasteiger partial charge is 0.306 e. The average Bonchev–Trinajstić information content (AvgIpc) is 2.96. The first kappa shape index (κ1) is 24.7. The molecule has 0 bridgehead atoms. The van der Waals surface area contributed by atoms with Crippen LogP contribution in [0.25, 0.3) is 0 Å². The normalized spacial score (nSPS) is 47.2. The number of allylic oxidation sites excluding steroid dienone is 4. The highest BCUT2D eigenvalue weighted by atomic mass is 127. The van der Waals surface area contributed by atoms with E-state index in [0.29, 0.717) is 6.42 Å². The summed E-state index contributed by atoms with van der Waals surface area (Å²) in [6.07, 6.45) is 8.32. The molecule has 4 aliphatic carbocycles. The van der Waals surface area contributed by atoms with Gasteiger partial charge in [-0.05, 0) is 49.7 Å². The summed E-state index contributed by atoms with van der Waals surface area (Å²) in [7, 11) is 0. The minimum atomic E-state index is -1.19. The number of ether oxygens (including phenoxy) is 1. The van der Waals surface area contributed by atoms with Gasteiger partial charge in [-0.15, -0.1) is 23.2 Å². The van der Waals surface area contributed by atoms with Crippen LogP contribution in [0.5, 0.6) is 0 Å². The van der Waals surface area contributed by atoms with Crippen molar-refractivity contribution in [2.75, 3.05) is 4.43 Å². The highest BCUT2D eigenvalue weighted by molar-refractivity contribution is 14.1. The summed E-state index contributed by atoms with van der Waals surface area (Å²) in [5.41, 5.74) is -1.27. The molecule has 8 atom stereocenters. The summed E-state index contributed by atoms with van der Waals surface area (Å²) >= 11 is 16.8. The van der Waals surface area contributed by atoms with Crippen LogP contribution in [0.2, 0.25) is 0 Å². The molecule has 176 valence electrons. The van der Waals surface area contributed by atoms with Gasteiger partial charge in [0.25, 0.3) is 0 Å².